The van der Waals surface area contributed by atoms with Crippen LogP contribution >= 0.6 is 0 Å². The lowest BCUT2D eigenvalue weighted by Gasteiger charge is -2.16. The Morgan fingerprint density at radius 1 is 1.32 bits per heavy atom. The molecule has 28 heavy (non-hydrogen) atoms. The molecule has 1 fully saturated rings. The molecule has 152 valence electrons. The summed E-state index contributed by atoms with van der Waals surface area (Å²) < 4.78 is 25.2. The van der Waals surface area contributed by atoms with Gasteiger partial charge >= 0.3 is 0 Å². The quantitative estimate of drug-likeness (QED) is 0.739. The van der Waals surface area contributed by atoms with E-state index in [1.165, 1.54) is 5.56 Å². The molecule has 2 N–H and O–H groups in total. The zero-order valence-electron chi connectivity index (χ0n) is 16.6. The predicted molar refractivity (Wildman–Crippen MR) is 110 cm³/mol. The average molecular weight is 405 g/mol. The number of hydrogen-bond donors (Lipinski definition) is 2. The Morgan fingerprint density at radius 2 is 2.04 bits per heavy atom. The number of rotatable bonds is 7. The molecule has 8 heteroatoms. The summed E-state index contributed by atoms with van der Waals surface area (Å²) in [7, 11) is -3.02. The lowest BCUT2D eigenvalue weighted by atomic mass is 10.1. The van der Waals surface area contributed by atoms with Gasteiger partial charge in [0.1, 0.15) is 5.82 Å². The summed E-state index contributed by atoms with van der Waals surface area (Å²) in [6, 6.07) is 9.95. The fraction of sp³-hybridized carbons (Fsp3) is 0.500. The molecule has 1 aromatic carbocycles. The van der Waals surface area contributed by atoms with Gasteiger partial charge in [0, 0.05) is 12.1 Å². The molecule has 2 atom stereocenters. The highest BCUT2D eigenvalue weighted by atomic mass is 32.2. The first-order valence-electron chi connectivity index (χ1n) is 9.66. The van der Waals surface area contributed by atoms with Crippen LogP contribution in [0, 0.1) is 6.92 Å². The van der Waals surface area contributed by atoms with Crippen molar-refractivity contribution in [2.24, 2.45) is 0 Å². The molecular formula is C20H28N4O3S. The number of aryl methyl sites for hydroxylation is 2. The maximum absolute atomic E-state index is 12.4. The Bertz CT molecular complexity index is 935. The van der Waals surface area contributed by atoms with Gasteiger partial charge in [-0.25, -0.2) is 13.1 Å². The number of nitrogens with one attached hydrogen (secondary N) is 2. The number of benzene rings is 1. The minimum absolute atomic E-state index is 0.0447. The Hall–Kier alpha value is -2.19. The maximum Gasteiger partial charge on any atom is 0.239 e. The van der Waals surface area contributed by atoms with E-state index in [-0.39, 0.29) is 36.0 Å². The van der Waals surface area contributed by atoms with Crippen LogP contribution in [0.15, 0.2) is 30.3 Å². The minimum Gasteiger partial charge on any atom is -0.310 e. The molecular weight excluding hydrogens is 376 g/mol. The van der Waals surface area contributed by atoms with Crippen molar-refractivity contribution in [2.45, 2.75) is 45.7 Å². The highest BCUT2D eigenvalue weighted by molar-refractivity contribution is 7.91. The number of hydrogen-bond acceptors (Lipinski definition) is 5. The molecule has 1 aromatic heterocycles. The summed E-state index contributed by atoms with van der Waals surface area (Å²) in [4.78, 5) is 12.4. The molecule has 2 heterocycles. The van der Waals surface area contributed by atoms with Crippen LogP contribution < -0.4 is 10.6 Å². The smallest absolute Gasteiger partial charge is 0.239 e. The van der Waals surface area contributed by atoms with Crippen molar-refractivity contribution in [2.75, 3.05) is 23.4 Å². The van der Waals surface area contributed by atoms with E-state index in [0.717, 1.165) is 17.7 Å². The number of anilines is 1. The van der Waals surface area contributed by atoms with E-state index in [9.17, 15) is 13.2 Å². The van der Waals surface area contributed by atoms with E-state index in [0.29, 0.717) is 12.2 Å². The van der Waals surface area contributed by atoms with Gasteiger partial charge in [-0.1, -0.05) is 31.2 Å². The van der Waals surface area contributed by atoms with Crippen molar-refractivity contribution < 1.29 is 13.2 Å². The Kier molecular flexibility index (Phi) is 6.20. The second-order valence-corrected chi connectivity index (χ2v) is 9.65. The molecule has 2 aromatic rings. The Labute approximate surface area is 166 Å². The largest absolute Gasteiger partial charge is 0.310 e. The van der Waals surface area contributed by atoms with Crippen molar-refractivity contribution in [1.29, 1.82) is 0 Å². The molecule has 2 unspecified atom stereocenters. The molecule has 1 aliphatic heterocycles. The van der Waals surface area contributed by atoms with Crippen LogP contribution in [0.1, 0.15) is 49.2 Å². The normalized spacial score (nSPS) is 19.5. The first kappa shape index (κ1) is 20.5. The van der Waals surface area contributed by atoms with Crippen LogP contribution in [-0.2, 0) is 21.1 Å². The van der Waals surface area contributed by atoms with Crippen LogP contribution in [0.2, 0.25) is 0 Å². The monoisotopic (exact) mass is 404 g/mol. The molecule has 7 nitrogen and oxygen atoms in total. The lowest BCUT2D eigenvalue weighted by molar-refractivity contribution is -0.115. The van der Waals surface area contributed by atoms with Gasteiger partial charge in [-0.3, -0.25) is 4.79 Å². The van der Waals surface area contributed by atoms with Crippen molar-refractivity contribution in [3.63, 3.8) is 0 Å². The van der Waals surface area contributed by atoms with Gasteiger partial charge in [-0.15, -0.1) is 0 Å². The van der Waals surface area contributed by atoms with Crippen molar-refractivity contribution in [3.8, 4) is 0 Å². The van der Waals surface area contributed by atoms with Crippen LogP contribution in [0.4, 0.5) is 5.82 Å². The zero-order chi connectivity index (χ0) is 20.3. The van der Waals surface area contributed by atoms with E-state index in [1.807, 2.05) is 13.8 Å². The summed E-state index contributed by atoms with van der Waals surface area (Å²) in [5.74, 6) is 0.602. The highest BCUT2D eigenvalue weighted by Gasteiger charge is 2.31. The lowest BCUT2D eigenvalue weighted by Crippen LogP contribution is -2.31. The van der Waals surface area contributed by atoms with Gasteiger partial charge in [-0.05, 0) is 37.8 Å². The zero-order valence-corrected chi connectivity index (χ0v) is 17.4. The number of nitrogens with zero attached hydrogens (tertiary/aromatic N) is 2. The first-order valence-corrected chi connectivity index (χ1v) is 11.5. The maximum atomic E-state index is 12.4. The molecule has 0 spiro atoms. The topological polar surface area (TPSA) is 93.1 Å². The summed E-state index contributed by atoms with van der Waals surface area (Å²) in [6.07, 6.45) is 1.52. The molecule has 0 saturated carbocycles. The molecule has 3 rings (SSSR count). The molecule has 0 bridgehead atoms. The van der Waals surface area contributed by atoms with Crippen LogP contribution in [-0.4, -0.2) is 42.2 Å². The van der Waals surface area contributed by atoms with E-state index >= 15 is 0 Å². The van der Waals surface area contributed by atoms with Gasteiger partial charge in [0.25, 0.3) is 0 Å². The van der Waals surface area contributed by atoms with E-state index in [2.05, 4.69) is 46.9 Å². The van der Waals surface area contributed by atoms with Gasteiger partial charge in [0.15, 0.2) is 9.84 Å². The van der Waals surface area contributed by atoms with Gasteiger partial charge < -0.3 is 10.6 Å². The Morgan fingerprint density at radius 3 is 2.64 bits per heavy atom. The second-order valence-electron chi connectivity index (χ2n) is 7.42. The third-order valence-electron chi connectivity index (χ3n) is 5.14. The second kappa shape index (κ2) is 8.45. The van der Waals surface area contributed by atoms with E-state index in [4.69, 9.17) is 0 Å². The highest BCUT2D eigenvalue weighted by Crippen LogP contribution is 2.27. The summed E-state index contributed by atoms with van der Waals surface area (Å²) in [5, 5.41) is 10.5. The molecule has 1 saturated heterocycles. The molecule has 0 radical (unpaired) electrons. The summed E-state index contributed by atoms with van der Waals surface area (Å²) in [6.45, 7) is 6.13. The molecule has 1 aliphatic rings. The third kappa shape index (κ3) is 4.99. The SMILES string of the molecule is CCc1ccc(C(C)NCC(=O)Nc2cc(C)nn2C2CCS(=O)(=O)C2)cc1. The third-order valence-corrected chi connectivity index (χ3v) is 6.89. The fourth-order valence-electron chi connectivity index (χ4n) is 3.45. The number of carbonyl (C=O) groups excluding carboxylic acids is 1. The van der Waals surface area contributed by atoms with Crippen molar-refractivity contribution >= 4 is 21.6 Å². The Balaban J connectivity index is 1.59. The summed E-state index contributed by atoms with van der Waals surface area (Å²) in [5.41, 5.74) is 3.16. The van der Waals surface area contributed by atoms with Crippen molar-refractivity contribution in [3.05, 3.63) is 47.2 Å². The predicted octanol–water partition coefficient (Wildman–Crippen LogP) is 2.40. The summed E-state index contributed by atoms with van der Waals surface area (Å²) >= 11 is 0. The van der Waals surface area contributed by atoms with Gasteiger partial charge in [0.2, 0.25) is 5.91 Å². The van der Waals surface area contributed by atoms with Crippen LogP contribution in [0.5, 0.6) is 0 Å². The first-order chi connectivity index (χ1) is 13.3. The number of carbonyl (C=O) groups is 1. The number of sulfone groups is 1. The molecule has 1 amide bonds. The average Bonchev–Trinajstić information content (AvgIpc) is 3.21. The minimum atomic E-state index is -3.02. The van der Waals surface area contributed by atoms with Crippen LogP contribution in [0.25, 0.3) is 0 Å². The van der Waals surface area contributed by atoms with Crippen molar-refractivity contribution in [1.82, 2.24) is 15.1 Å². The van der Waals surface area contributed by atoms with Crippen LogP contribution in [0.3, 0.4) is 0 Å². The van der Waals surface area contributed by atoms with Gasteiger partial charge in [0.05, 0.1) is 29.8 Å². The van der Waals surface area contributed by atoms with E-state index < -0.39 is 9.84 Å². The fourth-order valence-corrected chi connectivity index (χ4v) is 5.14. The van der Waals surface area contributed by atoms with E-state index in [1.54, 1.807) is 10.7 Å². The standard InChI is InChI=1S/C20H28N4O3S/c1-4-16-5-7-17(8-6-16)15(3)21-12-20(25)22-19-11-14(2)23-24(19)18-9-10-28(26,27)13-18/h5-8,11,15,18,21H,4,9-10,12-13H2,1-3H3,(H,22,25). The number of amides is 1. The van der Waals surface area contributed by atoms with Gasteiger partial charge in [-0.2, -0.15) is 5.10 Å². The molecule has 0 aliphatic carbocycles. The number of aromatic nitrogens is 2.